The molecular weight excluding hydrogens is 422 g/mol. The molecule has 0 unspecified atom stereocenters. The van der Waals surface area contributed by atoms with Crippen LogP contribution in [0, 0.1) is 11.3 Å². The van der Waals surface area contributed by atoms with Crippen LogP contribution in [0.25, 0.3) is 11.4 Å². The molecule has 1 aliphatic rings. The van der Waals surface area contributed by atoms with Gasteiger partial charge in [0.1, 0.15) is 5.54 Å². The first-order chi connectivity index (χ1) is 14.6. The number of benzene rings is 1. The predicted octanol–water partition coefficient (Wildman–Crippen LogP) is 4.07. The minimum atomic E-state index is -0.731. The monoisotopic (exact) mass is 447 g/mol. The molecule has 1 fully saturated rings. The maximum absolute atomic E-state index is 12.6. The highest BCUT2D eigenvalue weighted by molar-refractivity contribution is 7.99. The van der Waals surface area contributed by atoms with E-state index in [4.69, 9.17) is 16.3 Å². The number of nitrogens with zero attached hydrogens (tertiary/aromatic N) is 4. The van der Waals surface area contributed by atoms with Crippen LogP contribution in [-0.4, -0.2) is 45.7 Å². The van der Waals surface area contributed by atoms with E-state index in [0.717, 1.165) is 31.2 Å². The van der Waals surface area contributed by atoms with Crippen LogP contribution in [0.4, 0.5) is 0 Å². The van der Waals surface area contributed by atoms with Crippen LogP contribution < -0.4 is 5.32 Å². The Labute approximate surface area is 186 Å². The lowest BCUT2D eigenvalue weighted by Gasteiger charge is -2.31. The average molecular weight is 448 g/mol. The molecule has 1 amide bonds. The Kier molecular flexibility index (Phi) is 8.14. The molecule has 1 heterocycles. The molecule has 30 heavy (non-hydrogen) atoms. The van der Waals surface area contributed by atoms with Gasteiger partial charge in [-0.2, -0.15) is 5.26 Å². The number of carbonyl (C=O) groups excluding carboxylic acids is 1. The molecule has 1 aliphatic carbocycles. The first kappa shape index (κ1) is 22.6. The summed E-state index contributed by atoms with van der Waals surface area (Å²) < 4.78 is 7.14. The molecule has 0 saturated heterocycles. The third kappa shape index (κ3) is 5.54. The molecule has 0 radical (unpaired) electrons. The van der Waals surface area contributed by atoms with E-state index in [-0.39, 0.29) is 11.7 Å². The number of carbonyl (C=O) groups is 1. The molecule has 0 bridgehead atoms. The number of nitriles is 1. The zero-order valence-corrected chi connectivity index (χ0v) is 18.6. The summed E-state index contributed by atoms with van der Waals surface area (Å²) in [5.74, 6) is 0.684. The van der Waals surface area contributed by atoms with Gasteiger partial charge in [0.25, 0.3) is 0 Å². The summed E-state index contributed by atoms with van der Waals surface area (Å²) in [6.45, 7) is 1.25. The Bertz CT molecular complexity index is 905. The highest BCUT2D eigenvalue weighted by Gasteiger charge is 2.33. The van der Waals surface area contributed by atoms with Gasteiger partial charge in [-0.15, -0.1) is 10.2 Å². The highest BCUT2D eigenvalue weighted by Crippen LogP contribution is 2.30. The first-order valence-corrected chi connectivity index (χ1v) is 11.5. The highest BCUT2D eigenvalue weighted by atomic mass is 35.5. The third-order valence-electron chi connectivity index (χ3n) is 5.19. The van der Waals surface area contributed by atoms with Gasteiger partial charge in [-0.3, -0.25) is 4.79 Å². The van der Waals surface area contributed by atoms with Gasteiger partial charge in [0.05, 0.1) is 16.8 Å². The van der Waals surface area contributed by atoms with Gasteiger partial charge >= 0.3 is 0 Å². The van der Waals surface area contributed by atoms with Gasteiger partial charge in [-0.25, -0.2) is 0 Å². The van der Waals surface area contributed by atoms with E-state index in [9.17, 15) is 10.1 Å². The fourth-order valence-corrected chi connectivity index (χ4v) is 4.64. The molecule has 1 aromatic heterocycles. The predicted molar refractivity (Wildman–Crippen MR) is 117 cm³/mol. The number of amides is 1. The van der Waals surface area contributed by atoms with Gasteiger partial charge in [0.2, 0.25) is 5.91 Å². The van der Waals surface area contributed by atoms with E-state index in [1.165, 1.54) is 11.8 Å². The van der Waals surface area contributed by atoms with Crippen LogP contribution in [0.3, 0.4) is 0 Å². The standard InChI is InChI=1S/C21H26ClN5O2S/c1-29-13-7-12-27-19(16-8-3-4-9-17(16)22)25-26-20(27)30-14-18(28)24-21(15-23)10-5-2-6-11-21/h3-4,8-9H,2,5-7,10-14H2,1H3,(H,24,28). The number of hydrogen-bond acceptors (Lipinski definition) is 6. The van der Waals surface area contributed by atoms with E-state index in [2.05, 4.69) is 21.6 Å². The zero-order chi connectivity index (χ0) is 21.4. The van der Waals surface area contributed by atoms with E-state index < -0.39 is 5.54 Å². The first-order valence-electron chi connectivity index (χ1n) is 10.1. The van der Waals surface area contributed by atoms with Crippen molar-refractivity contribution in [2.45, 2.75) is 55.8 Å². The van der Waals surface area contributed by atoms with Crippen molar-refractivity contribution >= 4 is 29.3 Å². The Morgan fingerprint density at radius 3 is 2.80 bits per heavy atom. The van der Waals surface area contributed by atoms with Crippen LogP contribution in [0.15, 0.2) is 29.4 Å². The van der Waals surface area contributed by atoms with Crippen molar-refractivity contribution in [1.29, 1.82) is 5.26 Å². The summed E-state index contributed by atoms with van der Waals surface area (Å²) in [4.78, 5) is 12.6. The van der Waals surface area contributed by atoms with Crippen LogP contribution in [0.5, 0.6) is 0 Å². The molecule has 1 N–H and O–H groups in total. The van der Waals surface area contributed by atoms with Crippen LogP contribution in [0.2, 0.25) is 5.02 Å². The van der Waals surface area contributed by atoms with Crippen molar-refractivity contribution in [3.05, 3.63) is 29.3 Å². The van der Waals surface area contributed by atoms with E-state index in [1.807, 2.05) is 28.8 Å². The number of hydrogen-bond donors (Lipinski definition) is 1. The summed E-state index contributed by atoms with van der Waals surface area (Å²) in [6, 6.07) is 9.81. The summed E-state index contributed by atoms with van der Waals surface area (Å²) in [5, 5.41) is 22.4. The fraction of sp³-hybridized carbons (Fsp3) is 0.524. The van der Waals surface area contributed by atoms with Crippen molar-refractivity contribution < 1.29 is 9.53 Å². The maximum Gasteiger partial charge on any atom is 0.231 e. The fourth-order valence-electron chi connectivity index (χ4n) is 3.66. The van der Waals surface area contributed by atoms with Crippen LogP contribution >= 0.6 is 23.4 Å². The van der Waals surface area contributed by atoms with E-state index in [1.54, 1.807) is 7.11 Å². The minimum absolute atomic E-state index is 0.158. The topological polar surface area (TPSA) is 92.8 Å². The Morgan fingerprint density at radius 1 is 1.33 bits per heavy atom. The number of aromatic nitrogens is 3. The zero-order valence-electron chi connectivity index (χ0n) is 17.1. The van der Waals surface area contributed by atoms with Gasteiger partial charge < -0.3 is 14.6 Å². The summed E-state index contributed by atoms with van der Waals surface area (Å²) >= 11 is 7.68. The van der Waals surface area contributed by atoms with Crippen LogP contribution in [-0.2, 0) is 16.1 Å². The van der Waals surface area contributed by atoms with Gasteiger partial charge in [0, 0.05) is 25.8 Å². The molecule has 1 aromatic carbocycles. The molecular formula is C21H26ClN5O2S. The van der Waals surface area contributed by atoms with E-state index in [0.29, 0.717) is 42.0 Å². The Hall–Kier alpha value is -2.08. The lowest BCUT2D eigenvalue weighted by Crippen LogP contribution is -2.49. The number of ether oxygens (including phenoxy) is 1. The summed E-state index contributed by atoms with van der Waals surface area (Å²) in [6.07, 6.45) is 5.26. The molecule has 0 atom stereocenters. The third-order valence-corrected chi connectivity index (χ3v) is 6.49. The summed E-state index contributed by atoms with van der Waals surface area (Å²) in [7, 11) is 1.66. The molecule has 9 heteroatoms. The second-order valence-electron chi connectivity index (χ2n) is 7.38. The van der Waals surface area contributed by atoms with Crippen molar-refractivity contribution in [3.8, 4) is 17.5 Å². The lowest BCUT2D eigenvalue weighted by molar-refractivity contribution is -0.120. The minimum Gasteiger partial charge on any atom is -0.385 e. The number of methoxy groups -OCH3 is 1. The lowest BCUT2D eigenvalue weighted by atomic mass is 9.83. The van der Waals surface area contributed by atoms with E-state index >= 15 is 0 Å². The van der Waals surface area contributed by atoms with Gasteiger partial charge in [-0.1, -0.05) is 54.8 Å². The largest absolute Gasteiger partial charge is 0.385 e. The second-order valence-corrected chi connectivity index (χ2v) is 8.73. The van der Waals surface area contributed by atoms with Crippen molar-refractivity contribution in [1.82, 2.24) is 20.1 Å². The molecule has 7 nitrogen and oxygen atoms in total. The second kappa shape index (κ2) is 10.8. The Morgan fingerprint density at radius 2 is 2.10 bits per heavy atom. The molecule has 160 valence electrons. The van der Waals surface area contributed by atoms with Crippen molar-refractivity contribution in [3.63, 3.8) is 0 Å². The average Bonchev–Trinajstić information content (AvgIpc) is 3.16. The molecule has 0 spiro atoms. The molecule has 2 aromatic rings. The van der Waals surface area contributed by atoms with Gasteiger partial charge in [-0.05, 0) is 31.4 Å². The molecule has 1 saturated carbocycles. The Balaban J connectivity index is 1.72. The summed E-state index contributed by atoms with van der Waals surface area (Å²) in [5.41, 5.74) is 0.0659. The number of nitrogens with one attached hydrogen (secondary N) is 1. The SMILES string of the molecule is COCCCn1c(SCC(=O)NC2(C#N)CCCCC2)nnc1-c1ccccc1Cl. The normalized spacial score (nSPS) is 15.5. The number of halogens is 1. The smallest absolute Gasteiger partial charge is 0.231 e. The van der Waals surface area contributed by atoms with Crippen molar-refractivity contribution in [2.24, 2.45) is 0 Å². The quantitative estimate of drug-likeness (QED) is 0.460. The number of rotatable bonds is 9. The molecule has 0 aliphatic heterocycles. The maximum atomic E-state index is 12.6. The van der Waals surface area contributed by atoms with Crippen molar-refractivity contribution in [2.75, 3.05) is 19.5 Å². The number of thioether (sulfide) groups is 1. The van der Waals surface area contributed by atoms with Crippen LogP contribution in [0.1, 0.15) is 38.5 Å². The van der Waals surface area contributed by atoms with Gasteiger partial charge in [0.15, 0.2) is 11.0 Å². The molecule has 3 rings (SSSR count).